The number of esters is 1. The minimum absolute atomic E-state index is 0.274. The van der Waals surface area contributed by atoms with Gasteiger partial charge in [-0.05, 0) is 36.4 Å². The van der Waals surface area contributed by atoms with Crippen LogP contribution in [-0.2, 0) is 11.3 Å². The number of thioether (sulfide) groups is 1. The van der Waals surface area contributed by atoms with Crippen molar-refractivity contribution in [1.82, 2.24) is 5.32 Å². The predicted molar refractivity (Wildman–Crippen MR) is 103 cm³/mol. The van der Waals surface area contributed by atoms with Gasteiger partial charge in [0.2, 0.25) is 0 Å². The fourth-order valence-corrected chi connectivity index (χ4v) is 2.60. The van der Waals surface area contributed by atoms with E-state index in [2.05, 4.69) is 10.3 Å². The summed E-state index contributed by atoms with van der Waals surface area (Å²) in [7, 11) is 1.32. The molecule has 0 atom stereocenters. The Kier molecular flexibility index (Phi) is 7.06. The highest BCUT2D eigenvalue weighted by Crippen LogP contribution is 2.35. The summed E-state index contributed by atoms with van der Waals surface area (Å²) in [5, 5.41) is 11.8. The number of nitrogens with one attached hydrogen (secondary N) is 1. The van der Waals surface area contributed by atoms with Gasteiger partial charge in [0.15, 0.2) is 17.1 Å². The second kappa shape index (κ2) is 9.49. The highest BCUT2D eigenvalue weighted by Gasteiger charge is 2.19. The number of ether oxygens (including phenoxy) is 2. The molecule has 0 fully saturated rings. The van der Waals surface area contributed by atoms with Gasteiger partial charge in [0, 0.05) is 0 Å². The number of aryl methyl sites for hydroxylation is 1. The average Bonchev–Trinajstić information content (AvgIpc) is 2.66. The van der Waals surface area contributed by atoms with E-state index in [-0.39, 0.29) is 6.61 Å². The van der Waals surface area contributed by atoms with Crippen molar-refractivity contribution >= 4 is 28.6 Å². The zero-order chi connectivity index (χ0) is 18.9. The summed E-state index contributed by atoms with van der Waals surface area (Å²) in [6.07, 6.45) is 3.64. The molecule has 134 valence electrons. The minimum atomic E-state index is -0.507. The molecule has 2 aromatic rings. The van der Waals surface area contributed by atoms with Gasteiger partial charge in [0.05, 0.1) is 7.11 Å². The van der Waals surface area contributed by atoms with Crippen molar-refractivity contribution < 1.29 is 14.3 Å². The fraction of sp³-hybridized carbons (Fsp3) is 0.211. The van der Waals surface area contributed by atoms with E-state index in [0.717, 1.165) is 11.1 Å². The van der Waals surface area contributed by atoms with Crippen molar-refractivity contribution in [2.75, 3.05) is 13.4 Å². The van der Waals surface area contributed by atoms with E-state index >= 15 is 0 Å². The van der Waals surface area contributed by atoms with Gasteiger partial charge in [0.1, 0.15) is 17.9 Å². The van der Waals surface area contributed by atoms with Gasteiger partial charge in [0.25, 0.3) is 0 Å². The van der Waals surface area contributed by atoms with E-state index in [1.807, 2.05) is 43.4 Å². The Morgan fingerprint density at radius 2 is 2.04 bits per heavy atom. The molecule has 0 aliphatic rings. The molecule has 0 heterocycles. The molecule has 0 saturated carbocycles. The van der Waals surface area contributed by atoms with E-state index in [1.54, 1.807) is 18.4 Å². The molecule has 0 spiro atoms. The molecular formula is C19H19N3O3S. The zero-order valence-electron chi connectivity index (χ0n) is 14.8. The van der Waals surface area contributed by atoms with Crippen LogP contribution in [0.3, 0.4) is 0 Å². The Balaban J connectivity index is 2.49. The van der Waals surface area contributed by atoms with E-state index < -0.39 is 5.97 Å². The van der Waals surface area contributed by atoms with Crippen molar-refractivity contribution in [1.29, 1.82) is 5.26 Å². The maximum absolute atomic E-state index is 12.2. The molecule has 0 saturated heterocycles. The van der Waals surface area contributed by atoms with Crippen LogP contribution >= 0.6 is 11.8 Å². The van der Waals surface area contributed by atoms with E-state index in [1.165, 1.54) is 18.9 Å². The molecule has 0 bridgehead atoms. The molecule has 1 N–H and O–H groups in total. The van der Waals surface area contributed by atoms with Crippen molar-refractivity contribution in [3.63, 3.8) is 0 Å². The highest BCUT2D eigenvalue weighted by atomic mass is 32.2. The molecule has 2 aromatic carbocycles. The standard InChI is InChI=1S/C19H19N3O3S/c1-13-9-15(18(23)24-2)17(25-11-14-7-5-4-6-8-14)16(10-13)22-19(26-3)21-12-20/h4-10H,11H2,1-3H3,(H,21,22). The highest BCUT2D eigenvalue weighted by molar-refractivity contribution is 8.13. The molecule has 0 unspecified atom stereocenters. The summed E-state index contributed by atoms with van der Waals surface area (Å²) in [5.74, 6) is -0.190. The number of amidine groups is 1. The molecule has 0 aromatic heterocycles. The number of hydrogen-bond donors (Lipinski definition) is 1. The second-order valence-electron chi connectivity index (χ2n) is 5.28. The number of carbonyl (C=O) groups is 1. The van der Waals surface area contributed by atoms with Gasteiger partial charge in [-0.3, -0.25) is 5.32 Å². The number of hydrogen-bond acceptors (Lipinski definition) is 6. The van der Waals surface area contributed by atoms with Crippen LogP contribution in [0.15, 0.2) is 47.5 Å². The van der Waals surface area contributed by atoms with Crippen LogP contribution in [-0.4, -0.2) is 24.5 Å². The first-order valence-electron chi connectivity index (χ1n) is 7.76. The van der Waals surface area contributed by atoms with Crippen LogP contribution in [0, 0.1) is 18.4 Å². The number of nitriles is 1. The molecule has 0 aliphatic carbocycles. The minimum Gasteiger partial charge on any atom is -0.486 e. The molecular weight excluding hydrogens is 350 g/mol. The Bertz CT molecular complexity index is 845. The monoisotopic (exact) mass is 369 g/mol. The number of carbonyl (C=O) groups excluding carboxylic acids is 1. The molecule has 7 heteroatoms. The maximum Gasteiger partial charge on any atom is 0.341 e. The normalized spacial score (nSPS) is 10.8. The van der Waals surface area contributed by atoms with E-state index in [9.17, 15) is 4.79 Å². The zero-order valence-corrected chi connectivity index (χ0v) is 15.6. The lowest BCUT2D eigenvalue weighted by molar-refractivity contribution is 0.0595. The summed E-state index contributed by atoms with van der Waals surface area (Å²) < 4.78 is 10.8. The lowest BCUT2D eigenvalue weighted by Crippen LogP contribution is -2.13. The van der Waals surface area contributed by atoms with Crippen LogP contribution in [0.25, 0.3) is 0 Å². The second-order valence-corrected chi connectivity index (χ2v) is 6.08. The number of methoxy groups -OCH3 is 1. The summed E-state index contributed by atoms with van der Waals surface area (Å²) >= 11 is 1.28. The molecule has 2 rings (SSSR count). The summed E-state index contributed by atoms with van der Waals surface area (Å²) in [5.41, 5.74) is 2.53. The number of aliphatic imine (C=N–C) groups is 1. The van der Waals surface area contributed by atoms with Crippen molar-refractivity contribution in [3.05, 3.63) is 59.2 Å². The first-order valence-corrected chi connectivity index (χ1v) is 8.99. The lowest BCUT2D eigenvalue weighted by atomic mass is 10.1. The predicted octanol–water partition coefficient (Wildman–Crippen LogP) is 3.78. The maximum atomic E-state index is 12.2. The quantitative estimate of drug-likeness (QED) is 0.284. The summed E-state index contributed by atoms with van der Waals surface area (Å²) in [6, 6.07) is 13.1. The molecule has 26 heavy (non-hydrogen) atoms. The summed E-state index contributed by atoms with van der Waals surface area (Å²) in [4.78, 5) is 16.6. The van der Waals surface area contributed by atoms with Gasteiger partial charge in [-0.2, -0.15) is 5.26 Å². The smallest absolute Gasteiger partial charge is 0.341 e. The summed E-state index contributed by atoms with van der Waals surface area (Å²) in [6.45, 7) is 2.12. The van der Waals surface area contributed by atoms with Crippen molar-refractivity contribution in [3.8, 4) is 11.9 Å². The van der Waals surface area contributed by atoms with Crippen LogP contribution in [0.2, 0.25) is 0 Å². The molecule has 6 nitrogen and oxygen atoms in total. The largest absolute Gasteiger partial charge is 0.486 e. The first-order chi connectivity index (χ1) is 12.6. The number of rotatable bonds is 5. The Morgan fingerprint density at radius 1 is 1.31 bits per heavy atom. The number of benzene rings is 2. The van der Waals surface area contributed by atoms with Crippen LogP contribution in [0.5, 0.6) is 5.75 Å². The Labute approximate surface area is 156 Å². The third kappa shape index (κ3) is 5.01. The van der Waals surface area contributed by atoms with Crippen LogP contribution < -0.4 is 10.1 Å². The lowest BCUT2D eigenvalue weighted by Gasteiger charge is -2.14. The first kappa shape index (κ1) is 19.3. The van der Waals surface area contributed by atoms with Gasteiger partial charge in [-0.1, -0.05) is 42.1 Å². The SMILES string of the molecule is COC(=O)c1cc(C)cc(N=C(NC#N)SC)c1OCc1ccccc1. The van der Waals surface area contributed by atoms with E-state index in [0.29, 0.717) is 22.2 Å². The van der Waals surface area contributed by atoms with Gasteiger partial charge >= 0.3 is 5.97 Å². The van der Waals surface area contributed by atoms with Crippen molar-refractivity contribution in [2.24, 2.45) is 4.99 Å². The average molecular weight is 369 g/mol. The van der Waals surface area contributed by atoms with Crippen molar-refractivity contribution in [2.45, 2.75) is 13.5 Å². The molecule has 0 radical (unpaired) electrons. The molecule has 0 aliphatic heterocycles. The number of nitrogens with zero attached hydrogens (tertiary/aromatic N) is 2. The third-order valence-electron chi connectivity index (χ3n) is 3.42. The van der Waals surface area contributed by atoms with Crippen LogP contribution in [0.1, 0.15) is 21.5 Å². The Morgan fingerprint density at radius 3 is 2.65 bits per heavy atom. The van der Waals surface area contributed by atoms with Gasteiger partial charge in [-0.15, -0.1) is 0 Å². The topological polar surface area (TPSA) is 83.7 Å². The molecule has 0 amide bonds. The fourth-order valence-electron chi connectivity index (χ4n) is 2.26. The Hall–Kier alpha value is -2.98. The van der Waals surface area contributed by atoms with E-state index in [4.69, 9.17) is 14.7 Å². The van der Waals surface area contributed by atoms with Crippen LogP contribution in [0.4, 0.5) is 5.69 Å². The third-order valence-corrected chi connectivity index (χ3v) is 4.00. The van der Waals surface area contributed by atoms with Gasteiger partial charge in [-0.25, -0.2) is 9.79 Å². The van der Waals surface area contributed by atoms with Gasteiger partial charge < -0.3 is 9.47 Å².